The second-order valence-corrected chi connectivity index (χ2v) is 16.5. The molecule has 2 aliphatic heterocycles. The Hall–Kier alpha value is -7.74. The van der Waals surface area contributed by atoms with E-state index in [0.29, 0.717) is 58.6 Å². The number of fused-ring (bicyclic) bond motifs is 2. The predicted molar refractivity (Wildman–Crippen MR) is 251 cm³/mol. The number of pyridine rings is 1. The maximum atomic E-state index is 14.5. The van der Waals surface area contributed by atoms with Crippen LogP contribution in [0.1, 0.15) is 64.1 Å². The van der Waals surface area contributed by atoms with E-state index in [9.17, 15) is 19.2 Å². The highest BCUT2D eigenvalue weighted by molar-refractivity contribution is 6.21. The Morgan fingerprint density at radius 1 is 0.828 bits per heavy atom. The fourth-order valence-electron chi connectivity index (χ4n) is 7.82. The summed E-state index contributed by atoms with van der Waals surface area (Å²) in [5.41, 5.74) is 8.36. The van der Waals surface area contributed by atoms with Gasteiger partial charge in [0, 0.05) is 53.4 Å². The molecule has 6 aromatic rings. The van der Waals surface area contributed by atoms with E-state index in [4.69, 9.17) is 4.99 Å². The van der Waals surface area contributed by atoms with Gasteiger partial charge in [0.25, 0.3) is 5.91 Å². The highest BCUT2D eigenvalue weighted by Crippen LogP contribution is 2.35. The number of benzodiazepines with no additional fused rings is 1. The fourth-order valence-corrected chi connectivity index (χ4v) is 7.82. The third-order valence-electron chi connectivity index (χ3n) is 11.2. The number of carbonyl (C=O) groups is 4. The average molecular weight is 855 g/mol. The van der Waals surface area contributed by atoms with Gasteiger partial charge in [0.2, 0.25) is 11.9 Å². The number of urea groups is 1. The summed E-state index contributed by atoms with van der Waals surface area (Å²) in [5, 5.41) is 9.38. The van der Waals surface area contributed by atoms with Crippen LogP contribution in [-0.2, 0) is 22.7 Å². The molecular formula is C50H50N10O4. The standard InChI is InChI=1S/C50H50N10O4/c1-31(2)22-41-48(63)59(30-45(62)53-25-34-12-8-6-9-13-34)43-23-36(18-21-40(43)46(56-41)35-14-10-7-11-15-35)44(61)28-52-38-19-16-32(3)42(24-38)60-29-37-26-54-49(57-47(37)58(5)50(60)64)55-39-20-17-33(4)51-27-39/h6-21,23-24,26-27,31,41,52H,22,25,28-30H2,1-5H3,(H,53,62)(H,54,55,57)/t41-/m0/s1. The Bertz CT molecular complexity index is 2740. The molecule has 0 radical (unpaired) electrons. The van der Waals surface area contributed by atoms with Crippen molar-refractivity contribution in [2.45, 2.75) is 53.2 Å². The van der Waals surface area contributed by atoms with Crippen LogP contribution in [-0.4, -0.2) is 70.5 Å². The number of Topliss-reactive ketones (excluding diaryl/α,β-unsaturated/α-hetero) is 1. The van der Waals surface area contributed by atoms with E-state index in [1.807, 2.05) is 125 Å². The Labute approximate surface area is 372 Å². The molecule has 0 aliphatic carbocycles. The van der Waals surface area contributed by atoms with Gasteiger partial charge in [0.1, 0.15) is 18.4 Å². The lowest BCUT2D eigenvalue weighted by Gasteiger charge is -2.35. The summed E-state index contributed by atoms with van der Waals surface area (Å²) < 4.78 is 0. The molecule has 0 spiro atoms. The number of ketones is 1. The molecule has 3 N–H and O–H groups in total. The SMILES string of the molecule is Cc1ccc(Nc2ncc3c(n2)N(C)C(=O)N(c2cc(NCC(=O)c4ccc5c(c4)N(CC(=O)NCc4ccccc4)C(=O)[C@H](CC(C)C)N=C5c4ccccc4)ccc2C)C3)cn1. The normalized spacial score (nSPS) is 14.7. The molecule has 64 heavy (non-hydrogen) atoms. The number of benzene rings is 4. The molecule has 4 aromatic carbocycles. The number of hydrogen-bond acceptors (Lipinski definition) is 10. The van der Waals surface area contributed by atoms with Gasteiger partial charge in [-0.25, -0.2) is 9.78 Å². The molecule has 1 atom stereocenters. The summed E-state index contributed by atoms with van der Waals surface area (Å²) in [7, 11) is 1.68. The van der Waals surface area contributed by atoms with Crippen molar-refractivity contribution in [2.24, 2.45) is 10.9 Å². The summed E-state index contributed by atoms with van der Waals surface area (Å²) in [5.74, 6) is 0.112. The van der Waals surface area contributed by atoms with Gasteiger partial charge in [-0.15, -0.1) is 0 Å². The maximum Gasteiger partial charge on any atom is 0.330 e. The zero-order chi connectivity index (χ0) is 44.9. The molecule has 14 heteroatoms. The highest BCUT2D eigenvalue weighted by Gasteiger charge is 2.35. The van der Waals surface area contributed by atoms with Crippen LogP contribution in [0.3, 0.4) is 0 Å². The first-order valence-electron chi connectivity index (χ1n) is 21.3. The Morgan fingerprint density at radius 2 is 1.58 bits per heavy atom. The summed E-state index contributed by atoms with van der Waals surface area (Å²) in [6.07, 6.45) is 3.89. The maximum absolute atomic E-state index is 14.5. The lowest BCUT2D eigenvalue weighted by atomic mass is 9.97. The van der Waals surface area contributed by atoms with E-state index in [-0.39, 0.29) is 49.2 Å². The quantitative estimate of drug-likeness (QED) is 0.0921. The van der Waals surface area contributed by atoms with Gasteiger partial charge in [-0.05, 0) is 73.7 Å². The summed E-state index contributed by atoms with van der Waals surface area (Å²) >= 11 is 0. The van der Waals surface area contributed by atoms with Crippen molar-refractivity contribution in [3.8, 4) is 0 Å². The zero-order valence-electron chi connectivity index (χ0n) is 36.5. The molecular weight excluding hydrogens is 805 g/mol. The molecule has 0 unspecified atom stereocenters. The van der Waals surface area contributed by atoms with Crippen LogP contribution < -0.4 is 30.7 Å². The van der Waals surface area contributed by atoms with Crippen LogP contribution in [0.4, 0.5) is 39.3 Å². The molecule has 2 aromatic heterocycles. The summed E-state index contributed by atoms with van der Waals surface area (Å²) in [6, 6.07) is 32.9. The van der Waals surface area contributed by atoms with E-state index in [1.54, 1.807) is 36.5 Å². The van der Waals surface area contributed by atoms with Gasteiger partial charge in [-0.3, -0.25) is 34.2 Å². The minimum Gasteiger partial charge on any atom is -0.378 e. The minimum absolute atomic E-state index is 0.0841. The van der Waals surface area contributed by atoms with E-state index in [0.717, 1.165) is 33.6 Å². The van der Waals surface area contributed by atoms with Crippen LogP contribution in [0.25, 0.3) is 0 Å². The monoisotopic (exact) mass is 854 g/mol. The number of aryl methyl sites for hydroxylation is 2. The zero-order valence-corrected chi connectivity index (χ0v) is 36.5. The predicted octanol–water partition coefficient (Wildman–Crippen LogP) is 8.02. The van der Waals surface area contributed by atoms with Crippen molar-refractivity contribution in [1.29, 1.82) is 0 Å². The van der Waals surface area contributed by atoms with Crippen molar-refractivity contribution >= 4 is 63.9 Å². The smallest absolute Gasteiger partial charge is 0.330 e. The average Bonchev–Trinajstić information content (AvgIpc) is 3.41. The van der Waals surface area contributed by atoms with Crippen molar-refractivity contribution in [2.75, 3.05) is 45.5 Å². The topological polar surface area (TPSA) is 165 Å². The van der Waals surface area contributed by atoms with Gasteiger partial charge in [-0.2, -0.15) is 4.98 Å². The van der Waals surface area contributed by atoms with Crippen LogP contribution in [0.5, 0.6) is 0 Å². The minimum atomic E-state index is -0.745. The summed E-state index contributed by atoms with van der Waals surface area (Å²) in [6.45, 7) is 8.12. The molecule has 14 nitrogen and oxygen atoms in total. The van der Waals surface area contributed by atoms with Crippen molar-refractivity contribution < 1.29 is 19.2 Å². The number of nitrogens with one attached hydrogen (secondary N) is 3. The number of aromatic nitrogens is 3. The first kappa shape index (κ1) is 42.9. The second kappa shape index (κ2) is 18.7. The highest BCUT2D eigenvalue weighted by atomic mass is 16.2. The van der Waals surface area contributed by atoms with Gasteiger partial charge in [-0.1, -0.05) is 86.6 Å². The van der Waals surface area contributed by atoms with Crippen molar-refractivity contribution in [3.63, 3.8) is 0 Å². The lowest BCUT2D eigenvalue weighted by Crippen LogP contribution is -2.46. The van der Waals surface area contributed by atoms with Gasteiger partial charge in [0.05, 0.1) is 42.1 Å². The van der Waals surface area contributed by atoms with E-state index in [2.05, 4.69) is 30.9 Å². The molecule has 0 bridgehead atoms. The van der Waals surface area contributed by atoms with Gasteiger partial charge in [0.15, 0.2) is 5.78 Å². The van der Waals surface area contributed by atoms with E-state index >= 15 is 0 Å². The Kier molecular flexibility index (Phi) is 12.5. The van der Waals surface area contributed by atoms with Crippen LogP contribution in [0.2, 0.25) is 0 Å². The molecule has 2 aliphatic rings. The first-order chi connectivity index (χ1) is 30.9. The third-order valence-corrected chi connectivity index (χ3v) is 11.2. The summed E-state index contributed by atoms with van der Waals surface area (Å²) in [4.78, 5) is 79.3. The molecule has 0 saturated carbocycles. The fraction of sp³-hybridized carbons (Fsp3) is 0.240. The van der Waals surface area contributed by atoms with Gasteiger partial charge < -0.3 is 20.9 Å². The first-order valence-corrected chi connectivity index (χ1v) is 21.3. The number of amides is 4. The van der Waals surface area contributed by atoms with Gasteiger partial charge >= 0.3 is 6.03 Å². The number of hydrogen-bond donors (Lipinski definition) is 3. The number of anilines is 6. The molecule has 4 amide bonds. The number of carbonyl (C=O) groups excluding carboxylic acids is 4. The van der Waals surface area contributed by atoms with Crippen molar-refractivity contribution in [1.82, 2.24) is 20.3 Å². The lowest BCUT2D eigenvalue weighted by molar-refractivity contribution is -0.124. The number of aliphatic imine (C=N–C) groups is 1. The number of rotatable bonds is 14. The van der Waals surface area contributed by atoms with E-state index < -0.39 is 6.04 Å². The largest absolute Gasteiger partial charge is 0.378 e. The van der Waals surface area contributed by atoms with Crippen molar-refractivity contribution in [3.05, 3.63) is 161 Å². The molecule has 4 heterocycles. The second-order valence-electron chi connectivity index (χ2n) is 16.5. The Morgan fingerprint density at radius 3 is 2.31 bits per heavy atom. The molecule has 8 rings (SSSR count). The molecule has 0 fully saturated rings. The number of nitrogens with zero attached hydrogens (tertiary/aromatic N) is 7. The van der Waals surface area contributed by atoms with Crippen LogP contribution in [0.15, 0.2) is 127 Å². The molecule has 0 saturated heterocycles. The van der Waals surface area contributed by atoms with Crippen LogP contribution in [0, 0.1) is 19.8 Å². The van der Waals surface area contributed by atoms with E-state index in [1.165, 1.54) is 9.80 Å². The van der Waals surface area contributed by atoms with Crippen LogP contribution >= 0.6 is 0 Å². The molecule has 324 valence electrons. The third kappa shape index (κ3) is 9.50. The Balaban J connectivity index is 1.03.